The number of benzene rings is 2. The Balaban J connectivity index is 1.65. The fourth-order valence-corrected chi connectivity index (χ4v) is 3.40. The van der Waals surface area contributed by atoms with Crippen molar-refractivity contribution in [2.24, 2.45) is 0 Å². The molecule has 0 unspecified atom stereocenters. The van der Waals surface area contributed by atoms with E-state index in [1.807, 2.05) is 29.6 Å². The third-order valence-corrected chi connectivity index (χ3v) is 4.78. The summed E-state index contributed by atoms with van der Waals surface area (Å²) in [6.07, 6.45) is 0. The number of aromatic nitrogens is 1. The number of anilines is 1. The van der Waals surface area contributed by atoms with Gasteiger partial charge in [-0.2, -0.15) is 0 Å². The molecule has 0 saturated carbocycles. The zero-order valence-electron chi connectivity index (χ0n) is 11.5. The Kier molecular flexibility index (Phi) is 4.72. The number of nitrogens with one attached hydrogen (secondary N) is 1. The Hall–Kier alpha value is -1.89. The van der Waals surface area contributed by atoms with Gasteiger partial charge in [-0.1, -0.05) is 12.1 Å². The second kappa shape index (κ2) is 6.91. The Labute approximate surface area is 136 Å². The van der Waals surface area contributed by atoms with Crippen molar-refractivity contribution < 1.29 is 9.50 Å². The van der Waals surface area contributed by atoms with Gasteiger partial charge in [0.15, 0.2) is 0 Å². The van der Waals surface area contributed by atoms with Gasteiger partial charge in [-0.3, -0.25) is 0 Å². The fourth-order valence-electron chi connectivity index (χ4n) is 1.82. The predicted molar refractivity (Wildman–Crippen MR) is 89.4 cm³/mol. The van der Waals surface area contributed by atoms with E-state index in [-0.39, 0.29) is 12.4 Å². The lowest BCUT2D eigenvalue weighted by Crippen LogP contribution is -1.88. The third kappa shape index (κ3) is 3.65. The zero-order chi connectivity index (χ0) is 15.4. The van der Waals surface area contributed by atoms with Crippen LogP contribution in [0, 0.1) is 5.82 Å². The molecule has 22 heavy (non-hydrogen) atoms. The quantitative estimate of drug-likeness (QED) is 0.672. The minimum Gasteiger partial charge on any atom is -0.392 e. The van der Waals surface area contributed by atoms with Crippen molar-refractivity contribution in [1.82, 2.24) is 4.98 Å². The molecule has 3 aromatic rings. The first-order valence-corrected chi connectivity index (χ1v) is 8.28. The van der Waals surface area contributed by atoms with E-state index >= 15 is 0 Å². The Morgan fingerprint density at radius 1 is 1.09 bits per heavy atom. The lowest BCUT2D eigenvalue weighted by Gasteiger charge is -2.03. The van der Waals surface area contributed by atoms with E-state index in [9.17, 15) is 4.39 Å². The molecule has 0 aliphatic heterocycles. The molecular weight excluding hydrogens is 319 g/mol. The van der Waals surface area contributed by atoms with Crippen LogP contribution < -0.4 is 4.72 Å². The van der Waals surface area contributed by atoms with Gasteiger partial charge in [-0.15, -0.1) is 11.3 Å². The molecule has 0 aliphatic carbocycles. The van der Waals surface area contributed by atoms with E-state index in [0.717, 1.165) is 26.8 Å². The molecule has 0 fully saturated rings. The number of hydrogen-bond donors (Lipinski definition) is 2. The summed E-state index contributed by atoms with van der Waals surface area (Å²) in [5, 5.41) is 12.7. The first-order chi connectivity index (χ1) is 10.7. The molecule has 1 heterocycles. The third-order valence-electron chi connectivity index (χ3n) is 2.98. The van der Waals surface area contributed by atoms with E-state index in [0.29, 0.717) is 0 Å². The fraction of sp³-hybridized carbons (Fsp3) is 0.0625. The monoisotopic (exact) mass is 332 g/mol. The summed E-state index contributed by atoms with van der Waals surface area (Å²) in [7, 11) is 0. The number of thiazole rings is 1. The van der Waals surface area contributed by atoms with Crippen LogP contribution in [0.3, 0.4) is 0 Å². The highest BCUT2D eigenvalue weighted by molar-refractivity contribution is 8.00. The molecule has 6 heteroatoms. The maximum atomic E-state index is 12.9. The highest BCUT2D eigenvalue weighted by atomic mass is 32.2. The van der Waals surface area contributed by atoms with E-state index in [4.69, 9.17) is 5.11 Å². The van der Waals surface area contributed by atoms with Crippen LogP contribution in [0.25, 0.3) is 10.6 Å². The highest BCUT2D eigenvalue weighted by Gasteiger charge is 2.06. The van der Waals surface area contributed by atoms with Crippen molar-refractivity contribution >= 4 is 29.0 Å². The van der Waals surface area contributed by atoms with E-state index < -0.39 is 0 Å². The van der Waals surface area contributed by atoms with Crippen molar-refractivity contribution in [3.05, 3.63) is 65.3 Å². The minimum absolute atomic E-state index is 0.0422. The van der Waals surface area contributed by atoms with Crippen LogP contribution in [0.1, 0.15) is 5.56 Å². The van der Waals surface area contributed by atoms with E-state index in [1.54, 1.807) is 12.1 Å². The number of halogens is 1. The molecule has 1 aromatic heterocycles. The molecule has 3 nitrogen and oxygen atoms in total. The van der Waals surface area contributed by atoms with Crippen LogP contribution in [0.4, 0.5) is 10.1 Å². The molecule has 0 atom stereocenters. The first-order valence-electron chi connectivity index (χ1n) is 6.59. The smallest absolute Gasteiger partial charge is 0.128 e. The van der Waals surface area contributed by atoms with Crippen LogP contribution in [-0.4, -0.2) is 10.1 Å². The maximum Gasteiger partial charge on any atom is 0.128 e. The largest absolute Gasteiger partial charge is 0.392 e. The van der Waals surface area contributed by atoms with E-state index in [2.05, 4.69) is 9.71 Å². The number of aliphatic hydroxyl groups excluding tert-OH is 1. The van der Waals surface area contributed by atoms with Crippen molar-refractivity contribution in [1.29, 1.82) is 0 Å². The molecular formula is C16H13FN2OS2. The first kappa shape index (κ1) is 15.0. The molecule has 2 N–H and O–H groups in total. The summed E-state index contributed by atoms with van der Waals surface area (Å²) in [5.74, 6) is -0.247. The van der Waals surface area contributed by atoms with Gasteiger partial charge in [0.05, 0.1) is 6.61 Å². The summed E-state index contributed by atoms with van der Waals surface area (Å²) in [4.78, 5) is 4.52. The second-order valence-electron chi connectivity index (χ2n) is 4.56. The number of rotatable bonds is 5. The van der Waals surface area contributed by atoms with Crippen LogP contribution >= 0.6 is 23.3 Å². The molecule has 0 aliphatic rings. The molecule has 0 bridgehead atoms. The SMILES string of the molecule is OCc1ccc(NSc2csc(-c3ccc(F)cc3)n2)cc1. The lowest BCUT2D eigenvalue weighted by atomic mass is 10.2. The summed E-state index contributed by atoms with van der Waals surface area (Å²) in [6, 6.07) is 13.9. The van der Waals surface area contributed by atoms with Gasteiger partial charge < -0.3 is 9.83 Å². The van der Waals surface area contributed by atoms with Crippen LogP contribution in [-0.2, 0) is 6.61 Å². The molecule has 0 spiro atoms. The highest BCUT2D eigenvalue weighted by Crippen LogP contribution is 2.29. The molecule has 0 amide bonds. The van der Waals surface area contributed by atoms with Gasteiger partial charge in [-0.25, -0.2) is 9.37 Å². The standard InChI is InChI=1S/C16H13FN2OS2/c17-13-5-3-12(4-6-13)16-18-15(10-21-16)22-19-14-7-1-11(9-20)2-8-14/h1-8,10,19-20H,9H2. The van der Waals surface area contributed by atoms with Gasteiger partial charge in [0.1, 0.15) is 15.9 Å². The summed E-state index contributed by atoms with van der Waals surface area (Å²) in [6.45, 7) is 0.0422. The maximum absolute atomic E-state index is 12.9. The topological polar surface area (TPSA) is 45.1 Å². The van der Waals surface area contributed by atoms with Crippen LogP contribution in [0.15, 0.2) is 58.9 Å². The summed E-state index contributed by atoms with van der Waals surface area (Å²) >= 11 is 2.94. The number of nitrogens with zero attached hydrogens (tertiary/aromatic N) is 1. The van der Waals surface area contributed by atoms with Crippen LogP contribution in [0.2, 0.25) is 0 Å². The van der Waals surface area contributed by atoms with Crippen LogP contribution in [0.5, 0.6) is 0 Å². The van der Waals surface area contributed by atoms with Gasteiger partial charge in [-0.05, 0) is 42.0 Å². The van der Waals surface area contributed by atoms with Gasteiger partial charge in [0.2, 0.25) is 0 Å². The Bertz CT molecular complexity index is 742. The average molecular weight is 332 g/mol. The minimum atomic E-state index is -0.247. The van der Waals surface area contributed by atoms with Crippen molar-refractivity contribution in [3.8, 4) is 10.6 Å². The van der Waals surface area contributed by atoms with Crippen molar-refractivity contribution in [2.45, 2.75) is 11.6 Å². The van der Waals surface area contributed by atoms with E-state index in [1.165, 1.54) is 35.4 Å². The molecule has 112 valence electrons. The Morgan fingerprint density at radius 3 is 2.50 bits per heavy atom. The number of aliphatic hydroxyl groups is 1. The molecule has 0 saturated heterocycles. The predicted octanol–water partition coefficient (Wildman–Crippen LogP) is 4.56. The second-order valence-corrected chi connectivity index (χ2v) is 6.24. The Morgan fingerprint density at radius 2 is 1.82 bits per heavy atom. The van der Waals surface area contributed by atoms with Gasteiger partial charge in [0.25, 0.3) is 0 Å². The summed E-state index contributed by atoms with van der Waals surface area (Å²) < 4.78 is 16.1. The number of hydrogen-bond acceptors (Lipinski definition) is 5. The summed E-state index contributed by atoms with van der Waals surface area (Å²) in [5.41, 5.74) is 2.73. The molecule has 3 rings (SSSR count). The van der Waals surface area contributed by atoms with Crippen molar-refractivity contribution in [2.75, 3.05) is 4.72 Å². The average Bonchev–Trinajstić information content (AvgIpc) is 3.03. The van der Waals surface area contributed by atoms with Gasteiger partial charge in [0, 0.05) is 28.6 Å². The zero-order valence-corrected chi connectivity index (χ0v) is 13.1. The molecule has 2 aromatic carbocycles. The van der Waals surface area contributed by atoms with Crippen molar-refractivity contribution in [3.63, 3.8) is 0 Å². The normalized spacial score (nSPS) is 10.6. The molecule has 0 radical (unpaired) electrons. The van der Waals surface area contributed by atoms with Gasteiger partial charge >= 0.3 is 0 Å². The lowest BCUT2D eigenvalue weighted by molar-refractivity contribution is 0.282.